The van der Waals surface area contributed by atoms with Crippen molar-refractivity contribution in [2.24, 2.45) is 0 Å². The first kappa shape index (κ1) is 7.00. The SMILES string of the molecule is CCC1OCCCC1F. The Hall–Kier alpha value is -0.110. The van der Waals surface area contributed by atoms with Crippen LogP contribution >= 0.6 is 0 Å². The van der Waals surface area contributed by atoms with Gasteiger partial charge in [0.1, 0.15) is 6.17 Å². The molecule has 0 amide bonds. The summed E-state index contributed by atoms with van der Waals surface area (Å²) in [6.07, 6.45) is 1.57. The minimum absolute atomic E-state index is 0.112. The van der Waals surface area contributed by atoms with E-state index in [1.807, 2.05) is 6.92 Å². The van der Waals surface area contributed by atoms with Crippen molar-refractivity contribution in [1.82, 2.24) is 0 Å². The maximum atomic E-state index is 12.7. The molecule has 0 aromatic heterocycles. The lowest BCUT2D eigenvalue weighted by molar-refractivity contribution is -0.0408. The topological polar surface area (TPSA) is 9.23 Å². The highest BCUT2D eigenvalue weighted by Crippen LogP contribution is 2.18. The van der Waals surface area contributed by atoms with Crippen LogP contribution in [0.4, 0.5) is 4.39 Å². The molecule has 0 N–H and O–H groups in total. The van der Waals surface area contributed by atoms with Crippen LogP contribution < -0.4 is 0 Å². The molecule has 0 saturated carbocycles. The Morgan fingerprint density at radius 3 is 2.89 bits per heavy atom. The number of hydrogen-bond acceptors (Lipinski definition) is 1. The predicted octanol–water partition coefficient (Wildman–Crippen LogP) is 1.91. The van der Waals surface area contributed by atoms with Crippen molar-refractivity contribution in [3.05, 3.63) is 0 Å². The van der Waals surface area contributed by atoms with E-state index in [0.29, 0.717) is 6.42 Å². The quantitative estimate of drug-likeness (QED) is 0.529. The van der Waals surface area contributed by atoms with Crippen LogP contribution in [0.15, 0.2) is 0 Å². The molecule has 0 spiro atoms. The summed E-state index contributed by atoms with van der Waals surface area (Å²) < 4.78 is 17.9. The van der Waals surface area contributed by atoms with Gasteiger partial charge in [-0.25, -0.2) is 4.39 Å². The fourth-order valence-corrected chi connectivity index (χ4v) is 1.18. The normalized spacial score (nSPS) is 36.7. The standard InChI is InChI=1S/C7H13FO/c1-2-7-6(8)4-3-5-9-7/h6-7H,2-5H2,1H3. The van der Waals surface area contributed by atoms with E-state index in [9.17, 15) is 4.39 Å². The molecule has 9 heavy (non-hydrogen) atoms. The summed E-state index contributed by atoms with van der Waals surface area (Å²) >= 11 is 0. The maximum absolute atomic E-state index is 12.7. The summed E-state index contributed by atoms with van der Waals surface area (Å²) in [6.45, 7) is 2.71. The highest BCUT2D eigenvalue weighted by atomic mass is 19.1. The molecule has 1 saturated heterocycles. The van der Waals surface area contributed by atoms with Crippen molar-refractivity contribution in [2.45, 2.75) is 38.5 Å². The summed E-state index contributed by atoms with van der Waals surface area (Å²) in [7, 11) is 0. The molecule has 2 heteroatoms. The molecule has 0 bridgehead atoms. The van der Waals surface area contributed by atoms with Crippen LogP contribution in [0.1, 0.15) is 26.2 Å². The number of ether oxygens (including phenoxy) is 1. The Labute approximate surface area is 55.2 Å². The Morgan fingerprint density at radius 2 is 2.44 bits per heavy atom. The lowest BCUT2D eigenvalue weighted by Gasteiger charge is -2.24. The second-order valence-corrected chi connectivity index (χ2v) is 2.48. The van der Waals surface area contributed by atoms with Crippen LogP contribution in [0.2, 0.25) is 0 Å². The monoisotopic (exact) mass is 132 g/mol. The Kier molecular flexibility index (Phi) is 2.46. The summed E-state index contributed by atoms with van der Waals surface area (Å²) in [5.74, 6) is 0. The molecule has 0 aromatic carbocycles. The summed E-state index contributed by atoms with van der Waals surface area (Å²) in [5.41, 5.74) is 0. The van der Waals surface area contributed by atoms with E-state index < -0.39 is 6.17 Å². The van der Waals surface area contributed by atoms with Gasteiger partial charge >= 0.3 is 0 Å². The molecular formula is C7H13FO. The molecule has 1 fully saturated rings. The molecular weight excluding hydrogens is 119 g/mol. The second-order valence-electron chi connectivity index (χ2n) is 2.48. The van der Waals surface area contributed by atoms with Crippen LogP contribution in [0.3, 0.4) is 0 Å². The van der Waals surface area contributed by atoms with E-state index in [1.54, 1.807) is 0 Å². The molecule has 54 valence electrons. The van der Waals surface area contributed by atoms with Crippen molar-refractivity contribution in [1.29, 1.82) is 0 Å². The van der Waals surface area contributed by atoms with Gasteiger partial charge in [0.25, 0.3) is 0 Å². The fourth-order valence-electron chi connectivity index (χ4n) is 1.18. The zero-order chi connectivity index (χ0) is 6.69. The van der Waals surface area contributed by atoms with Crippen LogP contribution in [0.25, 0.3) is 0 Å². The van der Waals surface area contributed by atoms with Gasteiger partial charge in [-0.15, -0.1) is 0 Å². The number of hydrogen-bond donors (Lipinski definition) is 0. The first-order valence-electron chi connectivity index (χ1n) is 3.60. The molecule has 1 rings (SSSR count). The summed E-state index contributed by atoms with van der Waals surface area (Å²) in [4.78, 5) is 0. The summed E-state index contributed by atoms with van der Waals surface area (Å²) in [6, 6.07) is 0. The van der Waals surface area contributed by atoms with Crippen molar-refractivity contribution >= 4 is 0 Å². The van der Waals surface area contributed by atoms with Gasteiger partial charge < -0.3 is 4.74 Å². The maximum Gasteiger partial charge on any atom is 0.126 e. The smallest absolute Gasteiger partial charge is 0.126 e. The van der Waals surface area contributed by atoms with Gasteiger partial charge in [0.15, 0.2) is 0 Å². The average Bonchev–Trinajstić information content (AvgIpc) is 1.89. The molecule has 0 aliphatic carbocycles. The largest absolute Gasteiger partial charge is 0.375 e. The highest BCUT2D eigenvalue weighted by Gasteiger charge is 2.23. The number of alkyl halides is 1. The van der Waals surface area contributed by atoms with Gasteiger partial charge in [-0.1, -0.05) is 6.92 Å². The van der Waals surface area contributed by atoms with Gasteiger partial charge in [0.05, 0.1) is 6.10 Å². The molecule has 2 unspecified atom stereocenters. The third-order valence-corrected chi connectivity index (χ3v) is 1.76. The highest BCUT2D eigenvalue weighted by molar-refractivity contribution is 4.71. The third kappa shape index (κ3) is 1.65. The fraction of sp³-hybridized carbons (Fsp3) is 1.00. The molecule has 1 heterocycles. The van der Waals surface area contributed by atoms with Gasteiger partial charge in [-0.3, -0.25) is 0 Å². The molecule has 0 aromatic rings. The van der Waals surface area contributed by atoms with Gasteiger partial charge in [-0.2, -0.15) is 0 Å². The predicted molar refractivity (Wildman–Crippen MR) is 34.2 cm³/mol. The zero-order valence-electron chi connectivity index (χ0n) is 5.77. The van der Waals surface area contributed by atoms with E-state index in [2.05, 4.69) is 0 Å². The number of halogens is 1. The van der Waals surface area contributed by atoms with E-state index in [0.717, 1.165) is 19.4 Å². The van der Waals surface area contributed by atoms with Crippen LogP contribution in [0, 0.1) is 0 Å². The third-order valence-electron chi connectivity index (χ3n) is 1.76. The Bertz CT molecular complexity index is 85.0. The molecule has 1 aliphatic heterocycles. The lowest BCUT2D eigenvalue weighted by atomic mass is 10.1. The van der Waals surface area contributed by atoms with Crippen molar-refractivity contribution < 1.29 is 9.13 Å². The lowest BCUT2D eigenvalue weighted by Crippen LogP contribution is -2.29. The Balaban J connectivity index is 2.30. The van der Waals surface area contributed by atoms with Crippen molar-refractivity contribution in [3.63, 3.8) is 0 Å². The molecule has 0 radical (unpaired) electrons. The van der Waals surface area contributed by atoms with E-state index >= 15 is 0 Å². The first-order valence-corrected chi connectivity index (χ1v) is 3.60. The molecule has 1 nitrogen and oxygen atoms in total. The van der Waals surface area contributed by atoms with Crippen LogP contribution in [-0.4, -0.2) is 18.9 Å². The molecule has 1 aliphatic rings. The second kappa shape index (κ2) is 3.16. The summed E-state index contributed by atoms with van der Waals surface area (Å²) in [5, 5.41) is 0. The van der Waals surface area contributed by atoms with E-state index in [4.69, 9.17) is 4.74 Å². The minimum atomic E-state index is -0.705. The van der Waals surface area contributed by atoms with Crippen molar-refractivity contribution in [3.8, 4) is 0 Å². The van der Waals surface area contributed by atoms with Crippen molar-refractivity contribution in [2.75, 3.05) is 6.61 Å². The average molecular weight is 132 g/mol. The first-order chi connectivity index (χ1) is 4.34. The van der Waals surface area contributed by atoms with Crippen LogP contribution in [-0.2, 0) is 4.74 Å². The Morgan fingerprint density at radius 1 is 1.67 bits per heavy atom. The van der Waals surface area contributed by atoms with Gasteiger partial charge in [-0.05, 0) is 19.3 Å². The molecule has 2 atom stereocenters. The van der Waals surface area contributed by atoms with Gasteiger partial charge in [0, 0.05) is 6.61 Å². The van der Waals surface area contributed by atoms with Crippen LogP contribution in [0.5, 0.6) is 0 Å². The number of rotatable bonds is 1. The van der Waals surface area contributed by atoms with E-state index in [-0.39, 0.29) is 6.10 Å². The van der Waals surface area contributed by atoms with Gasteiger partial charge in [0.2, 0.25) is 0 Å². The minimum Gasteiger partial charge on any atom is -0.375 e. The zero-order valence-corrected chi connectivity index (χ0v) is 5.77. The van der Waals surface area contributed by atoms with E-state index in [1.165, 1.54) is 0 Å².